The molecular weight excluding hydrogens is 236 g/mol. The molecule has 0 aliphatic carbocycles. The lowest BCUT2D eigenvalue weighted by Gasteiger charge is -2.27. The Hall–Kier alpha value is -1.30. The van der Waals surface area contributed by atoms with E-state index in [4.69, 9.17) is 4.74 Å². The van der Waals surface area contributed by atoms with Crippen LogP contribution in [0.1, 0.15) is 34.6 Å². The fraction of sp³-hybridized carbons (Fsp3) is 0.833. The van der Waals surface area contributed by atoms with Gasteiger partial charge in [-0.15, -0.1) is 0 Å². The van der Waals surface area contributed by atoms with Gasteiger partial charge in [-0.05, 0) is 34.6 Å². The number of carbonyl (C=O) groups is 2. The normalized spacial score (nSPS) is 11.9. The van der Waals surface area contributed by atoms with Crippen LogP contribution in [-0.2, 0) is 14.3 Å². The first-order chi connectivity index (χ1) is 8.06. The molecule has 0 aliphatic rings. The molecule has 0 saturated carbocycles. The first kappa shape index (κ1) is 16.7. The van der Waals surface area contributed by atoms with Gasteiger partial charge in [0.15, 0.2) is 0 Å². The molecule has 0 aliphatic heterocycles. The van der Waals surface area contributed by atoms with Crippen LogP contribution in [0.2, 0.25) is 0 Å². The Labute approximate surface area is 108 Å². The molecule has 0 rings (SSSR count). The zero-order valence-electron chi connectivity index (χ0n) is 12.0. The number of alkyl carbamates (subject to hydrolysis) is 1. The summed E-state index contributed by atoms with van der Waals surface area (Å²) in [6, 6.07) is 0. The Morgan fingerprint density at radius 2 is 1.67 bits per heavy atom. The molecule has 0 fully saturated rings. The van der Waals surface area contributed by atoms with Crippen molar-refractivity contribution in [1.82, 2.24) is 10.6 Å². The molecule has 1 amide bonds. The van der Waals surface area contributed by atoms with E-state index >= 15 is 0 Å². The number of methoxy groups -OCH3 is 1. The quantitative estimate of drug-likeness (QED) is 0.723. The highest BCUT2D eigenvalue weighted by Gasteiger charge is 2.22. The van der Waals surface area contributed by atoms with Crippen LogP contribution in [0.5, 0.6) is 0 Å². The predicted molar refractivity (Wildman–Crippen MR) is 68.3 cm³/mol. The molecular formula is C12H24N2O4. The van der Waals surface area contributed by atoms with Gasteiger partial charge in [-0.3, -0.25) is 4.79 Å². The van der Waals surface area contributed by atoms with E-state index in [1.165, 1.54) is 7.11 Å². The zero-order chi connectivity index (χ0) is 14.4. The summed E-state index contributed by atoms with van der Waals surface area (Å²) in [6.07, 6.45) is -0.476. The average molecular weight is 260 g/mol. The lowest BCUT2D eigenvalue weighted by Crippen LogP contribution is -2.51. The van der Waals surface area contributed by atoms with Crippen LogP contribution in [-0.4, -0.2) is 43.4 Å². The number of nitrogens with one attached hydrogen (secondary N) is 2. The summed E-state index contributed by atoms with van der Waals surface area (Å²) >= 11 is 0. The third kappa shape index (κ3) is 8.81. The van der Waals surface area contributed by atoms with Crippen LogP contribution in [0.3, 0.4) is 0 Å². The largest absolute Gasteiger partial charge is 0.468 e. The maximum atomic E-state index is 11.4. The molecule has 0 radical (unpaired) electrons. The van der Waals surface area contributed by atoms with Crippen LogP contribution in [0.15, 0.2) is 0 Å². The summed E-state index contributed by atoms with van der Waals surface area (Å²) in [7, 11) is 1.33. The van der Waals surface area contributed by atoms with Gasteiger partial charge in [0.1, 0.15) is 5.60 Å². The Kier molecular flexibility index (Phi) is 6.11. The zero-order valence-corrected chi connectivity index (χ0v) is 12.0. The molecule has 0 unspecified atom stereocenters. The molecule has 0 saturated heterocycles. The first-order valence-electron chi connectivity index (χ1n) is 5.84. The molecule has 0 bridgehead atoms. The second kappa shape index (κ2) is 6.58. The number of hydrogen-bond acceptors (Lipinski definition) is 5. The van der Waals surface area contributed by atoms with E-state index in [9.17, 15) is 9.59 Å². The van der Waals surface area contributed by atoms with Gasteiger partial charge < -0.3 is 20.1 Å². The smallest absolute Gasteiger partial charge is 0.407 e. The topological polar surface area (TPSA) is 76.7 Å². The van der Waals surface area contributed by atoms with E-state index in [0.29, 0.717) is 6.54 Å². The van der Waals surface area contributed by atoms with Crippen molar-refractivity contribution in [2.75, 3.05) is 20.2 Å². The lowest BCUT2D eigenvalue weighted by molar-refractivity contribution is -0.139. The van der Waals surface area contributed by atoms with E-state index in [0.717, 1.165) is 0 Å². The van der Waals surface area contributed by atoms with Gasteiger partial charge in [0.2, 0.25) is 0 Å². The summed E-state index contributed by atoms with van der Waals surface area (Å²) in [5, 5.41) is 5.63. The van der Waals surface area contributed by atoms with Crippen LogP contribution >= 0.6 is 0 Å². The Morgan fingerprint density at radius 3 is 2.11 bits per heavy atom. The number of rotatable bonds is 5. The van der Waals surface area contributed by atoms with E-state index in [-0.39, 0.29) is 12.5 Å². The van der Waals surface area contributed by atoms with Crippen molar-refractivity contribution in [2.24, 2.45) is 0 Å². The van der Waals surface area contributed by atoms with E-state index in [2.05, 4.69) is 15.4 Å². The highest BCUT2D eigenvalue weighted by atomic mass is 16.6. The Bertz CT molecular complexity index is 295. The van der Waals surface area contributed by atoms with Crippen LogP contribution in [0.4, 0.5) is 4.79 Å². The second-order valence-electron chi connectivity index (χ2n) is 5.67. The summed E-state index contributed by atoms with van der Waals surface area (Å²) in [6.45, 7) is 9.58. The molecule has 0 aromatic carbocycles. The number of amides is 1. The Morgan fingerprint density at radius 1 is 1.11 bits per heavy atom. The fourth-order valence-electron chi connectivity index (χ4n) is 1.05. The van der Waals surface area contributed by atoms with E-state index in [1.807, 2.05) is 13.8 Å². The Balaban J connectivity index is 4.03. The van der Waals surface area contributed by atoms with Crippen molar-refractivity contribution in [2.45, 2.75) is 45.8 Å². The minimum Gasteiger partial charge on any atom is -0.468 e. The van der Waals surface area contributed by atoms with Crippen molar-refractivity contribution < 1.29 is 19.1 Å². The average Bonchev–Trinajstić information content (AvgIpc) is 2.21. The van der Waals surface area contributed by atoms with Crippen molar-refractivity contribution in [3.8, 4) is 0 Å². The molecule has 2 N–H and O–H groups in total. The van der Waals surface area contributed by atoms with Crippen molar-refractivity contribution >= 4 is 12.1 Å². The number of esters is 1. The summed E-state index contributed by atoms with van der Waals surface area (Å²) in [5.74, 6) is -0.347. The molecule has 18 heavy (non-hydrogen) atoms. The van der Waals surface area contributed by atoms with Gasteiger partial charge in [0.25, 0.3) is 0 Å². The monoisotopic (exact) mass is 260 g/mol. The second-order valence-corrected chi connectivity index (χ2v) is 5.67. The van der Waals surface area contributed by atoms with Crippen molar-refractivity contribution in [3.63, 3.8) is 0 Å². The van der Waals surface area contributed by atoms with Gasteiger partial charge in [0.05, 0.1) is 13.7 Å². The molecule has 0 spiro atoms. The van der Waals surface area contributed by atoms with Crippen LogP contribution in [0, 0.1) is 0 Å². The standard InChI is InChI=1S/C12H24N2O4/c1-11(2,3)18-10(16)13-8-12(4,5)14-7-9(15)17-6/h14H,7-8H2,1-6H3,(H,13,16). The maximum absolute atomic E-state index is 11.4. The summed E-state index contributed by atoms with van der Waals surface area (Å²) in [5.41, 5.74) is -0.946. The molecule has 106 valence electrons. The molecule has 0 atom stereocenters. The third-order valence-corrected chi connectivity index (χ3v) is 2.01. The van der Waals surface area contributed by atoms with E-state index < -0.39 is 17.2 Å². The molecule has 0 aromatic rings. The fourth-order valence-corrected chi connectivity index (χ4v) is 1.05. The lowest BCUT2D eigenvalue weighted by atomic mass is 10.1. The van der Waals surface area contributed by atoms with Crippen LogP contribution in [0.25, 0.3) is 0 Å². The number of hydrogen-bond donors (Lipinski definition) is 2. The van der Waals surface area contributed by atoms with Gasteiger partial charge >= 0.3 is 12.1 Å². The minimum absolute atomic E-state index is 0.0967. The predicted octanol–water partition coefficient (Wildman–Crippen LogP) is 1.05. The summed E-state index contributed by atoms with van der Waals surface area (Å²) < 4.78 is 9.63. The molecule has 6 nitrogen and oxygen atoms in total. The summed E-state index contributed by atoms with van der Waals surface area (Å²) in [4.78, 5) is 22.4. The first-order valence-corrected chi connectivity index (χ1v) is 5.84. The number of ether oxygens (including phenoxy) is 2. The SMILES string of the molecule is COC(=O)CNC(C)(C)CNC(=O)OC(C)(C)C. The van der Waals surface area contributed by atoms with Gasteiger partial charge in [0, 0.05) is 12.1 Å². The molecule has 0 aromatic heterocycles. The maximum Gasteiger partial charge on any atom is 0.407 e. The molecule has 6 heteroatoms. The highest BCUT2D eigenvalue weighted by molar-refractivity contribution is 5.71. The van der Waals surface area contributed by atoms with Gasteiger partial charge in [-0.25, -0.2) is 4.79 Å². The third-order valence-electron chi connectivity index (χ3n) is 2.01. The van der Waals surface area contributed by atoms with Crippen LogP contribution < -0.4 is 10.6 Å². The van der Waals surface area contributed by atoms with Crippen molar-refractivity contribution in [1.29, 1.82) is 0 Å². The van der Waals surface area contributed by atoms with Gasteiger partial charge in [-0.1, -0.05) is 0 Å². The highest BCUT2D eigenvalue weighted by Crippen LogP contribution is 2.07. The van der Waals surface area contributed by atoms with E-state index in [1.54, 1.807) is 20.8 Å². The molecule has 0 heterocycles. The van der Waals surface area contributed by atoms with Crippen molar-refractivity contribution in [3.05, 3.63) is 0 Å². The minimum atomic E-state index is -0.520. The van der Waals surface area contributed by atoms with Gasteiger partial charge in [-0.2, -0.15) is 0 Å². The number of carbonyl (C=O) groups excluding carboxylic acids is 2.